The molecule has 2 aliphatic rings. The Morgan fingerprint density at radius 2 is 2.03 bits per heavy atom. The molecule has 1 saturated carbocycles. The number of likely N-dealkylation sites (tertiary alicyclic amines) is 1. The number of hydrogen-bond donors (Lipinski definition) is 2. The summed E-state index contributed by atoms with van der Waals surface area (Å²) in [7, 11) is 0. The molecule has 1 aromatic carbocycles. The van der Waals surface area contributed by atoms with Gasteiger partial charge in [-0.2, -0.15) is 0 Å². The van der Waals surface area contributed by atoms with E-state index in [9.17, 15) is 14.0 Å². The molecule has 32 heavy (non-hydrogen) atoms. The first-order chi connectivity index (χ1) is 15.4. The van der Waals surface area contributed by atoms with Crippen LogP contribution in [-0.2, 0) is 9.59 Å². The minimum Gasteiger partial charge on any atom is -0.487 e. The van der Waals surface area contributed by atoms with Gasteiger partial charge in [-0.05, 0) is 60.2 Å². The van der Waals surface area contributed by atoms with Gasteiger partial charge < -0.3 is 20.1 Å². The zero-order valence-corrected chi connectivity index (χ0v) is 18.3. The molecule has 2 fully saturated rings. The Bertz CT molecular complexity index is 1010. The number of piperidine rings is 1. The molecule has 0 bridgehead atoms. The Hall–Kier alpha value is -3.00. The van der Waals surface area contributed by atoms with Gasteiger partial charge >= 0.3 is 0 Å². The van der Waals surface area contributed by atoms with Crippen LogP contribution in [0.4, 0.5) is 10.2 Å². The fourth-order valence-corrected chi connectivity index (χ4v) is 4.05. The second kappa shape index (κ2) is 9.24. The van der Waals surface area contributed by atoms with Crippen molar-refractivity contribution in [3.8, 4) is 16.9 Å². The van der Waals surface area contributed by atoms with Crippen LogP contribution in [0.3, 0.4) is 0 Å². The van der Waals surface area contributed by atoms with Gasteiger partial charge in [-0.3, -0.25) is 9.59 Å². The number of aliphatic hydroxyl groups is 1. The predicted octanol–water partition coefficient (Wildman–Crippen LogP) is 2.96. The summed E-state index contributed by atoms with van der Waals surface area (Å²) in [6, 6.07) is 9.37. The number of rotatable bonds is 6. The van der Waals surface area contributed by atoms with E-state index >= 15 is 0 Å². The lowest BCUT2D eigenvalue weighted by Gasteiger charge is -2.34. The quantitative estimate of drug-likeness (QED) is 0.719. The van der Waals surface area contributed by atoms with E-state index in [-0.39, 0.29) is 18.4 Å². The van der Waals surface area contributed by atoms with Gasteiger partial charge in [-0.25, -0.2) is 9.37 Å². The third-order valence-electron chi connectivity index (χ3n) is 6.21. The molecule has 0 unspecified atom stereocenters. The van der Waals surface area contributed by atoms with Crippen LogP contribution in [0.1, 0.15) is 25.3 Å². The van der Waals surface area contributed by atoms with Gasteiger partial charge in [0.2, 0.25) is 11.8 Å². The molecule has 170 valence electrons. The molecular weight excluding hydrogens is 413 g/mol. The Kier molecular flexibility index (Phi) is 6.41. The van der Waals surface area contributed by atoms with Crippen molar-refractivity contribution in [3.63, 3.8) is 0 Å². The maximum absolute atomic E-state index is 14.5. The number of halogens is 1. The molecule has 4 atom stereocenters. The van der Waals surface area contributed by atoms with Crippen LogP contribution in [-0.4, -0.2) is 58.8 Å². The molecule has 8 heteroatoms. The zero-order valence-electron chi connectivity index (χ0n) is 18.3. The largest absolute Gasteiger partial charge is 0.487 e. The van der Waals surface area contributed by atoms with Gasteiger partial charge in [-0.15, -0.1) is 0 Å². The Morgan fingerprint density at radius 1 is 1.28 bits per heavy atom. The number of carbonyl (C=O) groups excluding carboxylic acids is 2. The number of anilines is 1. The SMILES string of the molecule is Cc1cc(-c2ccnc(NC(=O)[C@@H]3C[C@H]3C)c2)ccc1O[C@H]1CCN(C(=O)CO)C[C@H]1F. The predicted molar refractivity (Wildman–Crippen MR) is 118 cm³/mol. The molecule has 4 rings (SSSR count). The Morgan fingerprint density at radius 3 is 2.69 bits per heavy atom. The minimum absolute atomic E-state index is 0.00888. The number of benzene rings is 1. The van der Waals surface area contributed by atoms with E-state index in [2.05, 4.69) is 17.2 Å². The van der Waals surface area contributed by atoms with E-state index in [0.29, 0.717) is 30.5 Å². The van der Waals surface area contributed by atoms with E-state index in [0.717, 1.165) is 23.1 Å². The summed E-state index contributed by atoms with van der Waals surface area (Å²) in [5, 5.41) is 11.8. The third kappa shape index (κ3) is 4.91. The molecule has 1 saturated heterocycles. The van der Waals surface area contributed by atoms with Crippen LogP contribution in [0.5, 0.6) is 5.75 Å². The molecule has 7 nitrogen and oxygen atoms in total. The summed E-state index contributed by atoms with van der Waals surface area (Å²) >= 11 is 0. The van der Waals surface area contributed by atoms with Gasteiger partial charge in [0.05, 0.1) is 6.54 Å². The maximum atomic E-state index is 14.5. The van der Waals surface area contributed by atoms with Crippen molar-refractivity contribution >= 4 is 17.6 Å². The summed E-state index contributed by atoms with van der Waals surface area (Å²) < 4.78 is 20.5. The summed E-state index contributed by atoms with van der Waals surface area (Å²) in [6.07, 6.45) is 0.980. The number of aromatic nitrogens is 1. The van der Waals surface area contributed by atoms with Crippen LogP contribution in [0.25, 0.3) is 11.1 Å². The van der Waals surface area contributed by atoms with Crippen molar-refractivity contribution < 1.29 is 23.8 Å². The average molecular weight is 442 g/mol. The van der Waals surface area contributed by atoms with E-state index < -0.39 is 24.8 Å². The van der Waals surface area contributed by atoms with Crippen LogP contribution in [0.15, 0.2) is 36.5 Å². The van der Waals surface area contributed by atoms with Gasteiger partial charge in [-0.1, -0.05) is 13.0 Å². The van der Waals surface area contributed by atoms with Crippen molar-refractivity contribution in [2.24, 2.45) is 11.8 Å². The molecule has 1 aliphatic carbocycles. The Balaban J connectivity index is 1.42. The summed E-state index contributed by atoms with van der Waals surface area (Å²) in [4.78, 5) is 29.3. The topological polar surface area (TPSA) is 91.8 Å². The number of carbonyl (C=O) groups is 2. The number of alkyl halides is 1. The highest BCUT2D eigenvalue weighted by molar-refractivity contribution is 5.94. The normalized spacial score (nSPS) is 24.7. The number of ether oxygens (including phenoxy) is 1. The molecule has 1 aliphatic heterocycles. The fraction of sp³-hybridized carbons (Fsp3) is 0.458. The van der Waals surface area contributed by atoms with Crippen LogP contribution < -0.4 is 10.1 Å². The van der Waals surface area contributed by atoms with Crippen molar-refractivity contribution in [3.05, 3.63) is 42.1 Å². The molecule has 2 heterocycles. The maximum Gasteiger partial charge on any atom is 0.248 e. The van der Waals surface area contributed by atoms with E-state index in [1.54, 1.807) is 6.20 Å². The first-order valence-electron chi connectivity index (χ1n) is 10.9. The minimum atomic E-state index is -1.32. The highest BCUT2D eigenvalue weighted by Crippen LogP contribution is 2.38. The zero-order chi connectivity index (χ0) is 22.8. The fourth-order valence-electron chi connectivity index (χ4n) is 4.05. The highest BCUT2D eigenvalue weighted by Gasteiger charge is 2.39. The first kappa shape index (κ1) is 22.2. The average Bonchev–Trinajstić information content (AvgIpc) is 3.52. The van der Waals surface area contributed by atoms with Gasteiger partial charge in [0.25, 0.3) is 0 Å². The van der Waals surface area contributed by atoms with E-state index in [4.69, 9.17) is 9.84 Å². The molecule has 2 amide bonds. The smallest absolute Gasteiger partial charge is 0.248 e. The Labute approximate surface area is 186 Å². The number of nitrogens with zero attached hydrogens (tertiary/aromatic N) is 2. The number of nitrogens with one attached hydrogen (secondary N) is 1. The molecule has 0 radical (unpaired) electrons. The third-order valence-corrected chi connectivity index (χ3v) is 6.21. The molecule has 0 spiro atoms. The van der Waals surface area contributed by atoms with Crippen molar-refractivity contribution in [2.75, 3.05) is 25.0 Å². The van der Waals surface area contributed by atoms with E-state index in [1.807, 2.05) is 37.3 Å². The summed E-state index contributed by atoms with van der Waals surface area (Å²) in [6.45, 7) is 3.62. The lowest BCUT2D eigenvalue weighted by molar-refractivity contribution is -0.138. The van der Waals surface area contributed by atoms with Crippen LogP contribution in [0, 0.1) is 18.8 Å². The van der Waals surface area contributed by atoms with E-state index in [1.165, 1.54) is 4.90 Å². The molecular formula is C24H28FN3O4. The first-order valence-corrected chi connectivity index (χ1v) is 10.9. The van der Waals surface area contributed by atoms with Crippen LogP contribution in [0.2, 0.25) is 0 Å². The number of amides is 2. The second-order valence-electron chi connectivity index (χ2n) is 8.68. The molecule has 2 N–H and O–H groups in total. The van der Waals surface area contributed by atoms with Gasteiger partial charge in [0.15, 0.2) is 6.17 Å². The number of hydrogen-bond acceptors (Lipinski definition) is 5. The molecule has 1 aromatic heterocycles. The highest BCUT2D eigenvalue weighted by atomic mass is 19.1. The lowest BCUT2D eigenvalue weighted by atomic mass is 10.0. The van der Waals surface area contributed by atoms with Crippen LogP contribution >= 0.6 is 0 Å². The standard InChI is InChI=1S/C24H28FN3O4/c1-14-10-18(14)24(31)27-22-11-17(5-7-26-22)16-3-4-20(15(2)9-16)32-21-6-8-28(12-19(21)25)23(30)13-29/h3-5,7,9,11,14,18-19,21,29H,6,8,10,12-13H2,1-2H3,(H,26,27,31)/t14-,18-,19-,21+/m1/s1. The van der Waals surface area contributed by atoms with Gasteiger partial charge in [0.1, 0.15) is 24.3 Å². The number of aryl methyl sites for hydroxylation is 1. The summed E-state index contributed by atoms with van der Waals surface area (Å²) in [5.74, 6) is 1.16. The summed E-state index contributed by atoms with van der Waals surface area (Å²) in [5.41, 5.74) is 2.71. The van der Waals surface area contributed by atoms with Gasteiger partial charge in [0, 0.05) is 25.1 Å². The van der Waals surface area contributed by atoms with Crippen molar-refractivity contribution in [1.29, 1.82) is 0 Å². The number of pyridine rings is 1. The van der Waals surface area contributed by atoms with Crippen molar-refractivity contribution in [2.45, 2.75) is 39.0 Å². The van der Waals surface area contributed by atoms with Crippen molar-refractivity contribution in [1.82, 2.24) is 9.88 Å². The monoisotopic (exact) mass is 441 g/mol. The number of aliphatic hydroxyl groups excluding tert-OH is 1. The lowest BCUT2D eigenvalue weighted by Crippen LogP contribution is -2.50. The molecule has 2 aromatic rings. The second-order valence-corrected chi connectivity index (χ2v) is 8.68.